The number of hydrogen-bond acceptors (Lipinski definition) is 4. The average Bonchev–Trinajstić information content (AvgIpc) is 2.84. The van der Waals surface area contributed by atoms with Gasteiger partial charge in [-0.25, -0.2) is 4.79 Å². The van der Waals surface area contributed by atoms with Gasteiger partial charge in [-0.2, -0.15) is 0 Å². The summed E-state index contributed by atoms with van der Waals surface area (Å²) in [6.45, 7) is 3.17. The molecule has 0 spiro atoms. The molecule has 0 aromatic heterocycles. The number of cyclic esters (lactones) is 1. The summed E-state index contributed by atoms with van der Waals surface area (Å²) in [7, 11) is 0. The largest absolute Gasteiger partial charge is 0.448 e. The fourth-order valence-electron chi connectivity index (χ4n) is 1.96. The molecule has 1 unspecified atom stereocenters. The summed E-state index contributed by atoms with van der Waals surface area (Å²) in [6, 6.07) is 9.98. The highest BCUT2D eigenvalue weighted by atomic mass is 32.2. The molecule has 108 valence electrons. The second-order valence-electron chi connectivity index (χ2n) is 4.50. The van der Waals surface area contributed by atoms with E-state index in [1.165, 1.54) is 6.92 Å². The summed E-state index contributed by atoms with van der Waals surface area (Å²) in [5, 5.41) is 2.89. The van der Waals surface area contributed by atoms with Crippen molar-refractivity contribution in [3.05, 3.63) is 35.9 Å². The Morgan fingerprint density at radius 2 is 2.20 bits per heavy atom. The van der Waals surface area contributed by atoms with Crippen LogP contribution in [0.3, 0.4) is 0 Å². The molecule has 6 heteroatoms. The van der Waals surface area contributed by atoms with Gasteiger partial charge in [0.25, 0.3) is 0 Å². The Kier molecular flexibility index (Phi) is 5.29. The monoisotopic (exact) mass is 294 g/mol. The van der Waals surface area contributed by atoms with E-state index >= 15 is 0 Å². The van der Waals surface area contributed by atoms with E-state index in [0.717, 1.165) is 5.56 Å². The third-order valence-corrected chi connectivity index (χ3v) is 4.14. The van der Waals surface area contributed by atoms with Crippen LogP contribution in [-0.4, -0.2) is 42.5 Å². The van der Waals surface area contributed by atoms with E-state index in [1.54, 1.807) is 16.7 Å². The van der Waals surface area contributed by atoms with Crippen LogP contribution in [0, 0.1) is 0 Å². The molecular weight excluding hydrogens is 276 g/mol. The molecule has 20 heavy (non-hydrogen) atoms. The molecule has 1 heterocycles. The first-order valence-corrected chi connectivity index (χ1v) is 7.54. The van der Waals surface area contributed by atoms with Gasteiger partial charge in [0.1, 0.15) is 6.61 Å². The zero-order valence-electron chi connectivity index (χ0n) is 11.4. The van der Waals surface area contributed by atoms with Gasteiger partial charge in [0.15, 0.2) is 0 Å². The number of benzene rings is 1. The van der Waals surface area contributed by atoms with Crippen molar-refractivity contribution >= 4 is 23.8 Å². The Hall–Kier alpha value is -1.69. The molecule has 0 radical (unpaired) electrons. The predicted molar refractivity (Wildman–Crippen MR) is 78.4 cm³/mol. The number of carbonyl (C=O) groups is 2. The number of hydrogen-bond donors (Lipinski definition) is 1. The molecule has 1 aliphatic rings. The van der Waals surface area contributed by atoms with Gasteiger partial charge in [-0.1, -0.05) is 30.3 Å². The highest BCUT2D eigenvalue weighted by molar-refractivity contribution is 7.99. The minimum Gasteiger partial charge on any atom is -0.448 e. The minimum absolute atomic E-state index is 0.0510. The van der Waals surface area contributed by atoms with E-state index in [9.17, 15) is 9.59 Å². The second-order valence-corrected chi connectivity index (χ2v) is 5.69. The Bertz CT molecular complexity index is 467. The summed E-state index contributed by atoms with van der Waals surface area (Å²) in [5.41, 5.74) is 1.14. The van der Waals surface area contributed by atoms with Crippen molar-refractivity contribution in [2.45, 2.75) is 12.2 Å². The van der Waals surface area contributed by atoms with E-state index in [-0.39, 0.29) is 17.3 Å². The van der Waals surface area contributed by atoms with Gasteiger partial charge in [-0.05, 0) is 5.56 Å². The van der Waals surface area contributed by atoms with Gasteiger partial charge in [-0.3, -0.25) is 4.79 Å². The zero-order chi connectivity index (χ0) is 14.4. The van der Waals surface area contributed by atoms with Crippen LogP contribution in [0.25, 0.3) is 0 Å². The normalized spacial score (nSPS) is 15.8. The fraction of sp³-hybridized carbons (Fsp3) is 0.429. The van der Waals surface area contributed by atoms with Gasteiger partial charge in [0.05, 0.1) is 12.4 Å². The third kappa shape index (κ3) is 4.16. The molecule has 0 aliphatic carbocycles. The molecule has 1 aromatic rings. The quantitative estimate of drug-likeness (QED) is 0.815. The first kappa shape index (κ1) is 14.7. The number of amides is 2. The minimum atomic E-state index is -0.258. The maximum atomic E-state index is 11.5. The Morgan fingerprint density at radius 1 is 1.45 bits per heavy atom. The molecule has 1 atom stereocenters. The summed E-state index contributed by atoms with van der Waals surface area (Å²) < 4.78 is 4.95. The van der Waals surface area contributed by atoms with E-state index in [1.807, 2.05) is 30.3 Å². The molecule has 1 aliphatic heterocycles. The van der Waals surface area contributed by atoms with E-state index in [4.69, 9.17) is 4.74 Å². The lowest BCUT2D eigenvalue weighted by Gasteiger charge is -2.22. The Labute approximate surface area is 122 Å². The van der Waals surface area contributed by atoms with Crippen molar-refractivity contribution in [3.63, 3.8) is 0 Å². The fourth-order valence-corrected chi connectivity index (χ4v) is 3.08. The topological polar surface area (TPSA) is 58.6 Å². The van der Waals surface area contributed by atoms with Crippen LogP contribution in [-0.2, 0) is 9.53 Å². The van der Waals surface area contributed by atoms with Crippen LogP contribution in [0.4, 0.5) is 4.79 Å². The first-order valence-electron chi connectivity index (χ1n) is 6.49. The van der Waals surface area contributed by atoms with E-state index < -0.39 is 0 Å². The Balaban J connectivity index is 1.99. The zero-order valence-corrected chi connectivity index (χ0v) is 12.2. The van der Waals surface area contributed by atoms with Gasteiger partial charge in [0, 0.05) is 18.7 Å². The maximum absolute atomic E-state index is 11.5. The predicted octanol–water partition coefficient (Wildman–Crippen LogP) is 2.01. The molecule has 2 rings (SSSR count). The van der Waals surface area contributed by atoms with Crippen molar-refractivity contribution < 1.29 is 14.3 Å². The lowest BCUT2D eigenvalue weighted by Crippen LogP contribution is -2.29. The SMILES string of the molecule is CC(=O)NCSC(CN1CCOC1=O)c1ccccc1. The van der Waals surface area contributed by atoms with Crippen molar-refractivity contribution in [2.75, 3.05) is 25.6 Å². The summed E-state index contributed by atoms with van der Waals surface area (Å²) in [4.78, 5) is 24.2. The number of ether oxygens (including phenoxy) is 1. The van der Waals surface area contributed by atoms with Crippen LogP contribution in [0.2, 0.25) is 0 Å². The molecular formula is C14H18N2O3S. The second kappa shape index (κ2) is 7.19. The molecule has 1 fully saturated rings. The van der Waals surface area contributed by atoms with E-state index in [0.29, 0.717) is 25.6 Å². The highest BCUT2D eigenvalue weighted by Crippen LogP contribution is 2.29. The lowest BCUT2D eigenvalue weighted by atomic mass is 10.1. The third-order valence-electron chi connectivity index (χ3n) is 3.01. The molecule has 0 saturated carbocycles. The van der Waals surface area contributed by atoms with Crippen molar-refractivity contribution in [3.8, 4) is 0 Å². The molecule has 1 N–H and O–H groups in total. The summed E-state index contributed by atoms with van der Waals surface area (Å²) in [6.07, 6.45) is -0.258. The summed E-state index contributed by atoms with van der Waals surface area (Å²) in [5.74, 6) is 0.475. The van der Waals surface area contributed by atoms with E-state index in [2.05, 4.69) is 5.32 Å². The number of nitrogens with one attached hydrogen (secondary N) is 1. The molecule has 1 aromatic carbocycles. The van der Waals surface area contributed by atoms with Gasteiger partial charge in [0.2, 0.25) is 5.91 Å². The van der Waals surface area contributed by atoms with Crippen molar-refractivity contribution in [1.29, 1.82) is 0 Å². The van der Waals surface area contributed by atoms with Crippen LogP contribution >= 0.6 is 11.8 Å². The average molecular weight is 294 g/mol. The van der Waals surface area contributed by atoms with Crippen LogP contribution in [0.5, 0.6) is 0 Å². The number of carbonyl (C=O) groups excluding carboxylic acids is 2. The Morgan fingerprint density at radius 3 is 2.80 bits per heavy atom. The molecule has 2 amide bonds. The van der Waals surface area contributed by atoms with Crippen molar-refractivity contribution in [1.82, 2.24) is 10.2 Å². The molecule has 1 saturated heterocycles. The number of thioether (sulfide) groups is 1. The van der Waals surface area contributed by atoms with Crippen molar-refractivity contribution in [2.24, 2.45) is 0 Å². The lowest BCUT2D eigenvalue weighted by molar-refractivity contribution is -0.118. The van der Waals surface area contributed by atoms with Gasteiger partial charge in [-0.15, -0.1) is 11.8 Å². The maximum Gasteiger partial charge on any atom is 0.409 e. The van der Waals surface area contributed by atoms with Crippen LogP contribution in [0.15, 0.2) is 30.3 Å². The summed E-state index contributed by atoms with van der Waals surface area (Å²) >= 11 is 1.61. The molecule has 5 nitrogen and oxygen atoms in total. The standard InChI is InChI=1S/C14H18N2O3S/c1-11(17)15-10-20-13(12-5-3-2-4-6-12)9-16-7-8-19-14(16)18/h2-6,13H,7-10H2,1H3,(H,15,17). The van der Waals surface area contributed by atoms with Gasteiger partial charge < -0.3 is 15.0 Å². The number of nitrogens with zero attached hydrogens (tertiary/aromatic N) is 1. The van der Waals surface area contributed by atoms with Crippen LogP contribution in [0.1, 0.15) is 17.7 Å². The van der Waals surface area contributed by atoms with Gasteiger partial charge >= 0.3 is 6.09 Å². The smallest absolute Gasteiger partial charge is 0.409 e. The molecule has 0 bridgehead atoms. The number of rotatable bonds is 6. The first-order chi connectivity index (χ1) is 9.66. The highest BCUT2D eigenvalue weighted by Gasteiger charge is 2.26. The van der Waals surface area contributed by atoms with Crippen LogP contribution < -0.4 is 5.32 Å².